The number of likely N-dealkylation sites (tertiary alicyclic amines) is 1. The minimum atomic E-state index is -2.81. The van der Waals surface area contributed by atoms with Gasteiger partial charge in [-0.3, -0.25) is 4.79 Å². The van der Waals surface area contributed by atoms with Crippen LogP contribution in [0.1, 0.15) is 77.0 Å². The second kappa shape index (κ2) is 14.3. The quantitative estimate of drug-likeness (QED) is 0.159. The molecule has 236 valence electrons. The third-order valence-electron chi connectivity index (χ3n) is 9.58. The van der Waals surface area contributed by atoms with E-state index >= 15 is 0 Å². The molecule has 1 saturated heterocycles. The molecule has 0 aromatic heterocycles. The van der Waals surface area contributed by atoms with Crippen LogP contribution in [-0.2, 0) is 9.22 Å². The Kier molecular flexibility index (Phi) is 10.6. The van der Waals surface area contributed by atoms with Gasteiger partial charge in [0.2, 0.25) is 5.91 Å². The molecule has 1 aliphatic rings. The highest BCUT2D eigenvalue weighted by molar-refractivity contribution is 6.99. The van der Waals surface area contributed by atoms with Crippen molar-refractivity contribution in [3.05, 3.63) is 130 Å². The molecule has 0 N–H and O–H groups in total. The van der Waals surface area contributed by atoms with Crippen LogP contribution in [0.5, 0.6) is 0 Å². The molecule has 4 atom stereocenters. The molecule has 1 amide bonds. The first kappa shape index (κ1) is 33.5. The lowest BCUT2D eigenvalue weighted by Gasteiger charge is -2.50. The highest BCUT2D eigenvalue weighted by Gasteiger charge is 2.51. The summed E-state index contributed by atoms with van der Waals surface area (Å²) in [5, 5.41) is 3.70. The third kappa shape index (κ3) is 6.81. The Balaban J connectivity index is 1.62. The van der Waals surface area contributed by atoms with Crippen molar-refractivity contribution in [3.63, 3.8) is 0 Å². The fraction of sp³-hybridized carbons (Fsp3) is 0.359. The van der Waals surface area contributed by atoms with Gasteiger partial charge in [-0.2, -0.15) is 0 Å². The van der Waals surface area contributed by atoms with Crippen LogP contribution < -0.4 is 10.4 Å². The summed E-state index contributed by atoms with van der Waals surface area (Å²) in [6.07, 6.45) is 2.32. The second-order valence-corrected chi connectivity index (χ2v) is 18.5. The van der Waals surface area contributed by atoms with Gasteiger partial charge >= 0.3 is 0 Å². The van der Waals surface area contributed by atoms with E-state index in [2.05, 4.69) is 124 Å². The summed E-state index contributed by atoms with van der Waals surface area (Å²) in [7, 11) is -2.81. The molecule has 0 spiro atoms. The number of carbonyl (C=O) groups is 1. The fourth-order valence-electron chi connectivity index (χ4n) is 7.31. The molecule has 1 aliphatic heterocycles. The van der Waals surface area contributed by atoms with Crippen molar-refractivity contribution in [3.8, 4) is 0 Å². The number of hydrogen-bond donors (Lipinski definition) is 0. The lowest BCUT2D eigenvalue weighted by Crippen LogP contribution is -2.67. The first-order valence-electron chi connectivity index (χ1n) is 16.2. The molecular formula is C39H45Cl2NO2Si. The largest absolute Gasteiger partial charge is 0.405 e. The van der Waals surface area contributed by atoms with E-state index < -0.39 is 8.32 Å². The summed E-state index contributed by atoms with van der Waals surface area (Å²) >= 11 is 12.9. The zero-order chi connectivity index (χ0) is 32.2. The van der Waals surface area contributed by atoms with Gasteiger partial charge in [0, 0.05) is 21.9 Å². The smallest absolute Gasteiger partial charge is 0.261 e. The molecule has 1 unspecified atom stereocenters. The van der Waals surface area contributed by atoms with Crippen molar-refractivity contribution >= 4 is 47.8 Å². The Labute approximate surface area is 280 Å². The lowest BCUT2D eigenvalue weighted by atomic mass is 9.74. The third-order valence-corrected chi connectivity index (χ3v) is 15.1. The number of piperidine rings is 1. The van der Waals surface area contributed by atoms with Crippen molar-refractivity contribution in [2.24, 2.45) is 5.92 Å². The van der Waals surface area contributed by atoms with E-state index in [-0.39, 0.29) is 34.9 Å². The highest BCUT2D eigenvalue weighted by Crippen LogP contribution is 2.48. The summed E-state index contributed by atoms with van der Waals surface area (Å²) in [5.41, 5.74) is 2.23. The van der Waals surface area contributed by atoms with Gasteiger partial charge in [0.05, 0.1) is 18.7 Å². The summed E-state index contributed by atoms with van der Waals surface area (Å²) in [5.74, 6) is 0.197. The topological polar surface area (TPSA) is 29.5 Å². The maximum absolute atomic E-state index is 14.5. The van der Waals surface area contributed by atoms with Gasteiger partial charge in [-0.15, -0.1) is 0 Å². The Hall–Kier alpha value is -2.89. The fourth-order valence-corrected chi connectivity index (χ4v) is 12.2. The van der Waals surface area contributed by atoms with Gasteiger partial charge in [-0.1, -0.05) is 143 Å². The van der Waals surface area contributed by atoms with Crippen LogP contribution in [0.25, 0.3) is 0 Å². The van der Waals surface area contributed by atoms with Crippen LogP contribution in [0.15, 0.2) is 109 Å². The molecule has 0 aliphatic carbocycles. The van der Waals surface area contributed by atoms with Crippen LogP contribution in [0.3, 0.4) is 0 Å². The molecule has 1 fully saturated rings. The first-order chi connectivity index (χ1) is 21.6. The predicted molar refractivity (Wildman–Crippen MR) is 191 cm³/mol. The number of amides is 1. The van der Waals surface area contributed by atoms with Crippen molar-refractivity contribution in [2.75, 3.05) is 6.61 Å². The van der Waals surface area contributed by atoms with E-state index in [1.54, 1.807) is 0 Å². The maximum Gasteiger partial charge on any atom is 0.261 e. The second-order valence-electron chi connectivity index (χ2n) is 13.3. The van der Waals surface area contributed by atoms with E-state index in [0.717, 1.165) is 30.4 Å². The average molecular weight is 659 g/mol. The molecule has 0 saturated carbocycles. The first-order valence-corrected chi connectivity index (χ1v) is 18.8. The molecule has 45 heavy (non-hydrogen) atoms. The Morgan fingerprint density at radius 2 is 1.40 bits per heavy atom. The summed E-state index contributed by atoms with van der Waals surface area (Å²) in [6, 6.07) is 37.3. The molecule has 5 rings (SSSR count). The van der Waals surface area contributed by atoms with E-state index in [1.807, 2.05) is 24.3 Å². The van der Waals surface area contributed by atoms with Crippen molar-refractivity contribution in [1.29, 1.82) is 0 Å². The van der Waals surface area contributed by atoms with Gasteiger partial charge in [0.25, 0.3) is 8.32 Å². The standard InChI is InChI=1S/C39H45Cl2NO2Si/c1-6-28-26-36(30-15-14-16-32(41)25-30)37(29-21-23-31(40)24-22-29)42(38(28)43)33(7-2)27-44-45(39(3,4)5,34-17-10-8-11-18-34)35-19-12-9-13-20-35/h8-25,28,33,36-37H,6-7,26-27H2,1-5H3/t28?,33-,36+,37+/m0/s1. The zero-order valence-electron chi connectivity index (χ0n) is 27.0. The Morgan fingerprint density at radius 3 is 1.91 bits per heavy atom. The molecule has 1 heterocycles. The van der Waals surface area contributed by atoms with E-state index in [1.165, 1.54) is 10.4 Å². The van der Waals surface area contributed by atoms with Crippen molar-refractivity contribution in [2.45, 2.75) is 76.9 Å². The van der Waals surface area contributed by atoms with Crippen LogP contribution in [0.2, 0.25) is 15.1 Å². The number of carbonyl (C=O) groups excluding carboxylic acids is 1. The number of rotatable bonds is 10. The van der Waals surface area contributed by atoms with E-state index in [4.69, 9.17) is 27.6 Å². The summed E-state index contributed by atoms with van der Waals surface area (Å²) < 4.78 is 7.46. The monoisotopic (exact) mass is 657 g/mol. The SMILES string of the molecule is CCC1C[C@H](c2cccc(Cl)c2)[C@@H](c2ccc(Cl)cc2)N([C@@H](CC)CO[Si](c2ccccc2)(c2ccccc2)C(C)(C)C)C1=O. The minimum absolute atomic E-state index is 0.0782. The zero-order valence-corrected chi connectivity index (χ0v) is 29.6. The molecule has 4 aromatic carbocycles. The number of hydrogen-bond acceptors (Lipinski definition) is 2. The van der Waals surface area contributed by atoms with Crippen molar-refractivity contribution < 1.29 is 9.22 Å². The Bertz CT molecular complexity index is 1520. The Morgan fingerprint density at radius 1 is 0.800 bits per heavy atom. The minimum Gasteiger partial charge on any atom is -0.405 e. The lowest BCUT2D eigenvalue weighted by molar-refractivity contribution is -0.148. The molecule has 4 aromatic rings. The van der Waals surface area contributed by atoms with E-state index in [0.29, 0.717) is 16.7 Å². The van der Waals surface area contributed by atoms with Crippen LogP contribution in [0.4, 0.5) is 0 Å². The predicted octanol–water partition coefficient (Wildman–Crippen LogP) is 9.43. The molecule has 6 heteroatoms. The van der Waals surface area contributed by atoms with Crippen LogP contribution in [0, 0.1) is 5.92 Å². The van der Waals surface area contributed by atoms with Crippen LogP contribution in [-0.4, -0.2) is 31.8 Å². The van der Waals surface area contributed by atoms with Gasteiger partial charge in [-0.25, -0.2) is 0 Å². The number of nitrogens with zero attached hydrogens (tertiary/aromatic N) is 1. The molecule has 0 bridgehead atoms. The van der Waals surface area contributed by atoms with Gasteiger partial charge in [0.1, 0.15) is 0 Å². The average Bonchev–Trinajstić information content (AvgIpc) is 3.04. The summed E-state index contributed by atoms with van der Waals surface area (Å²) in [4.78, 5) is 16.7. The molecular weight excluding hydrogens is 613 g/mol. The number of halogens is 2. The van der Waals surface area contributed by atoms with E-state index in [9.17, 15) is 4.79 Å². The van der Waals surface area contributed by atoms with Gasteiger partial charge in [-0.05, 0) is 70.1 Å². The summed E-state index contributed by atoms with van der Waals surface area (Å²) in [6.45, 7) is 11.6. The maximum atomic E-state index is 14.5. The highest BCUT2D eigenvalue weighted by atomic mass is 35.5. The van der Waals surface area contributed by atoms with Crippen molar-refractivity contribution in [1.82, 2.24) is 4.90 Å². The molecule has 0 radical (unpaired) electrons. The van der Waals surface area contributed by atoms with Gasteiger partial charge < -0.3 is 9.33 Å². The normalized spacial score (nSPS) is 19.8. The van der Waals surface area contributed by atoms with Crippen LogP contribution >= 0.6 is 23.2 Å². The van der Waals surface area contributed by atoms with Gasteiger partial charge in [0.15, 0.2) is 0 Å². The number of benzene rings is 4. The molecule has 3 nitrogen and oxygen atoms in total.